The number of aryl methyl sites for hydroxylation is 1. The Bertz CT molecular complexity index is 691. The molecular formula is C13H9BrN2S. The van der Waals surface area contributed by atoms with Gasteiger partial charge in [-0.15, -0.1) is 0 Å². The quantitative estimate of drug-likeness (QED) is 0.664. The predicted octanol–water partition coefficient (Wildman–Crippen LogP) is 4.43. The molecule has 0 aliphatic heterocycles. The second-order valence-electron chi connectivity index (χ2n) is 3.81. The molecule has 84 valence electrons. The number of pyridine rings is 1. The van der Waals surface area contributed by atoms with E-state index in [1.165, 1.54) is 11.1 Å². The van der Waals surface area contributed by atoms with Crippen LogP contribution in [-0.4, -0.2) is 9.97 Å². The van der Waals surface area contributed by atoms with Gasteiger partial charge in [0.2, 0.25) is 0 Å². The Labute approximate surface area is 111 Å². The van der Waals surface area contributed by atoms with Crippen LogP contribution < -0.4 is 0 Å². The van der Waals surface area contributed by atoms with Crippen LogP contribution in [0.25, 0.3) is 20.9 Å². The van der Waals surface area contributed by atoms with Crippen LogP contribution in [0.4, 0.5) is 0 Å². The maximum atomic E-state index is 4.63. The molecule has 0 fully saturated rings. The summed E-state index contributed by atoms with van der Waals surface area (Å²) in [6.07, 6.45) is 1.81. The molecule has 0 radical (unpaired) electrons. The molecule has 0 aliphatic carbocycles. The first-order chi connectivity index (χ1) is 8.24. The van der Waals surface area contributed by atoms with Gasteiger partial charge < -0.3 is 0 Å². The standard InChI is InChI=1S/C13H9BrN2S/c1-8-4-2-3-5-10(8)12-16-11-6-9(14)7-15-13(11)17-12/h2-7H,1H3. The largest absolute Gasteiger partial charge is 0.242 e. The Morgan fingerprint density at radius 2 is 2.06 bits per heavy atom. The van der Waals surface area contributed by atoms with Crippen LogP contribution in [0.2, 0.25) is 0 Å². The van der Waals surface area contributed by atoms with Crippen molar-refractivity contribution in [3.63, 3.8) is 0 Å². The molecule has 4 heteroatoms. The van der Waals surface area contributed by atoms with Gasteiger partial charge in [-0.3, -0.25) is 0 Å². The number of benzene rings is 1. The average Bonchev–Trinajstić information content (AvgIpc) is 2.72. The first-order valence-electron chi connectivity index (χ1n) is 5.22. The van der Waals surface area contributed by atoms with Crippen molar-refractivity contribution in [1.29, 1.82) is 0 Å². The number of halogens is 1. The van der Waals surface area contributed by atoms with Gasteiger partial charge >= 0.3 is 0 Å². The number of hydrogen-bond acceptors (Lipinski definition) is 3. The van der Waals surface area contributed by atoms with Crippen LogP contribution in [-0.2, 0) is 0 Å². The minimum atomic E-state index is 0.947. The summed E-state index contributed by atoms with van der Waals surface area (Å²) in [6, 6.07) is 10.3. The zero-order valence-electron chi connectivity index (χ0n) is 9.14. The molecule has 0 amide bonds. The molecule has 0 bridgehead atoms. The van der Waals surface area contributed by atoms with E-state index in [0.717, 1.165) is 19.8 Å². The normalized spacial score (nSPS) is 10.9. The molecule has 2 heterocycles. The van der Waals surface area contributed by atoms with Crippen LogP contribution in [0.1, 0.15) is 5.56 Å². The minimum absolute atomic E-state index is 0.947. The highest BCUT2D eigenvalue weighted by atomic mass is 79.9. The zero-order chi connectivity index (χ0) is 11.8. The molecule has 0 atom stereocenters. The Morgan fingerprint density at radius 3 is 2.88 bits per heavy atom. The lowest BCUT2D eigenvalue weighted by molar-refractivity contribution is 1.37. The van der Waals surface area contributed by atoms with E-state index in [1.807, 2.05) is 24.4 Å². The van der Waals surface area contributed by atoms with Crippen molar-refractivity contribution in [2.24, 2.45) is 0 Å². The van der Waals surface area contributed by atoms with Gasteiger partial charge in [-0.05, 0) is 34.5 Å². The molecule has 1 aromatic carbocycles. The Morgan fingerprint density at radius 1 is 1.24 bits per heavy atom. The fourth-order valence-corrected chi connectivity index (χ4v) is 3.03. The smallest absolute Gasteiger partial charge is 0.143 e. The number of fused-ring (bicyclic) bond motifs is 1. The van der Waals surface area contributed by atoms with E-state index in [2.05, 4.69) is 45.0 Å². The maximum Gasteiger partial charge on any atom is 0.143 e. The van der Waals surface area contributed by atoms with E-state index in [-0.39, 0.29) is 0 Å². The summed E-state index contributed by atoms with van der Waals surface area (Å²) in [5.41, 5.74) is 3.37. The summed E-state index contributed by atoms with van der Waals surface area (Å²) in [5, 5.41) is 1.03. The van der Waals surface area contributed by atoms with Crippen molar-refractivity contribution < 1.29 is 0 Å². The van der Waals surface area contributed by atoms with Crippen molar-refractivity contribution in [3.8, 4) is 10.6 Å². The summed E-state index contributed by atoms with van der Waals surface area (Å²) in [5.74, 6) is 0. The number of aromatic nitrogens is 2. The first kappa shape index (κ1) is 10.9. The first-order valence-corrected chi connectivity index (χ1v) is 6.83. The third kappa shape index (κ3) is 1.98. The van der Waals surface area contributed by atoms with Crippen LogP contribution >= 0.6 is 27.3 Å². The molecule has 0 saturated heterocycles. The van der Waals surface area contributed by atoms with Crippen molar-refractivity contribution in [3.05, 3.63) is 46.6 Å². The van der Waals surface area contributed by atoms with Crippen molar-refractivity contribution in [1.82, 2.24) is 9.97 Å². The van der Waals surface area contributed by atoms with E-state index >= 15 is 0 Å². The van der Waals surface area contributed by atoms with E-state index < -0.39 is 0 Å². The van der Waals surface area contributed by atoms with E-state index in [4.69, 9.17) is 0 Å². The number of nitrogens with zero attached hydrogens (tertiary/aromatic N) is 2. The number of hydrogen-bond donors (Lipinski definition) is 0. The summed E-state index contributed by atoms with van der Waals surface area (Å²) < 4.78 is 0.964. The van der Waals surface area contributed by atoms with Gasteiger partial charge in [-0.25, -0.2) is 9.97 Å². The van der Waals surface area contributed by atoms with E-state index in [1.54, 1.807) is 11.3 Å². The van der Waals surface area contributed by atoms with Crippen LogP contribution in [0.15, 0.2) is 41.0 Å². The SMILES string of the molecule is Cc1ccccc1-c1nc2cc(Br)cnc2s1. The molecule has 0 aliphatic rings. The monoisotopic (exact) mass is 304 g/mol. The lowest BCUT2D eigenvalue weighted by atomic mass is 10.1. The minimum Gasteiger partial charge on any atom is -0.242 e. The van der Waals surface area contributed by atoms with Crippen molar-refractivity contribution >= 4 is 37.6 Å². The predicted molar refractivity (Wildman–Crippen MR) is 75.3 cm³/mol. The Hall–Kier alpha value is -1.26. The van der Waals surface area contributed by atoms with Gasteiger partial charge in [0.25, 0.3) is 0 Å². The maximum absolute atomic E-state index is 4.63. The topological polar surface area (TPSA) is 25.8 Å². The molecule has 2 aromatic heterocycles. The van der Waals surface area contributed by atoms with Crippen molar-refractivity contribution in [2.75, 3.05) is 0 Å². The number of thiazole rings is 1. The van der Waals surface area contributed by atoms with Gasteiger partial charge in [0, 0.05) is 16.2 Å². The van der Waals surface area contributed by atoms with E-state index in [0.29, 0.717) is 0 Å². The average molecular weight is 305 g/mol. The van der Waals surface area contributed by atoms with Crippen LogP contribution in [0.3, 0.4) is 0 Å². The molecular weight excluding hydrogens is 296 g/mol. The third-order valence-corrected chi connectivity index (χ3v) is 4.04. The second kappa shape index (κ2) is 4.20. The highest BCUT2D eigenvalue weighted by Crippen LogP contribution is 2.31. The fourth-order valence-electron chi connectivity index (χ4n) is 1.73. The highest BCUT2D eigenvalue weighted by Gasteiger charge is 2.09. The molecule has 3 aromatic rings. The summed E-state index contributed by atoms with van der Waals surface area (Å²) in [4.78, 5) is 9.97. The van der Waals surface area contributed by atoms with Gasteiger partial charge in [0.1, 0.15) is 15.4 Å². The molecule has 3 rings (SSSR count). The Kier molecular flexibility index (Phi) is 2.68. The highest BCUT2D eigenvalue weighted by molar-refractivity contribution is 9.10. The fraction of sp³-hybridized carbons (Fsp3) is 0.0769. The van der Waals surface area contributed by atoms with Gasteiger partial charge in [0.15, 0.2) is 0 Å². The summed E-state index contributed by atoms with van der Waals surface area (Å²) in [7, 11) is 0. The van der Waals surface area contributed by atoms with Gasteiger partial charge in [0.05, 0.1) is 0 Å². The number of rotatable bonds is 1. The molecule has 17 heavy (non-hydrogen) atoms. The molecule has 0 spiro atoms. The Balaban J connectivity index is 2.22. The molecule has 0 saturated carbocycles. The van der Waals surface area contributed by atoms with E-state index in [9.17, 15) is 0 Å². The lowest BCUT2D eigenvalue weighted by Crippen LogP contribution is -1.80. The lowest BCUT2D eigenvalue weighted by Gasteiger charge is -1.99. The second-order valence-corrected chi connectivity index (χ2v) is 5.70. The zero-order valence-corrected chi connectivity index (χ0v) is 11.5. The molecule has 0 unspecified atom stereocenters. The summed E-state index contributed by atoms with van der Waals surface area (Å²) in [6.45, 7) is 2.10. The molecule has 0 N–H and O–H groups in total. The van der Waals surface area contributed by atoms with Crippen LogP contribution in [0, 0.1) is 6.92 Å². The summed E-state index contributed by atoms with van der Waals surface area (Å²) >= 11 is 5.04. The van der Waals surface area contributed by atoms with Gasteiger partial charge in [-0.2, -0.15) is 0 Å². The molecule has 2 nitrogen and oxygen atoms in total. The van der Waals surface area contributed by atoms with Gasteiger partial charge in [-0.1, -0.05) is 35.6 Å². The van der Waals surface area contributed by atoms with Crippen LogP contribution in [0.5, 0.6) is 0 Å². The van der Waals surface area contributed by atoms with Crippen molar-refractivity contribution in [2.45, 2.75) is 6.92 Å². The third-order valence-electron chi connectivity index (χ3n) is 2.59.